The van der Waals surface area contributed by atoms with E-state index >= 15 is 0 Å². The SMILES string of the molecule is N[C@@H](CC(=O)N1CCc2c(nc(C3CCC3)nc2C(F)(F)F)C1)CN1CC(F)(F)CCC1=O. The monoisotopic (exact) mass is 475 g/mol. The van der Waals surface area contributed by atoms with Crippen LogP contribution in [0.1, 0.15) is 67.2 Å². The highest BCUT2D eigenvalue weighted by Crippen LogP contribution is 2.39. The summed E-state index contributed by atoms with van der Waals surface area (Å²) in [5.41, 5.74) is 5.25. The fourth-order valence-corrected chi connectivity index (χ4v) is 4.51. The smallest absolute Gasteiger partial charge is 0.336 e. The Labute approximate surface area is 187 Å². The predicted molar refractivity (Wildman–Crippen MR) is 106 cm³/mol. The van der Waals surface area contributed by atoms with Crippen LogP contribution in [-0.2, 0) is 28.7 Å². The van der Waals surface area contributed by atoms with Gasteiger partial charge in [-0.15, -0.1) is 0 Å². The molecule has 0 unspecified atom stereocenters. The van der Waals surface area contributed by atoms with Crippen molar-refractivity contribution in [2.75, 3.05) is 19.6 Å². The summed E-state index contributed by atoms with van der Waals surface area (Å²) < 4.78 is 68.0. The number of carbonyl (C=O) groups is 2. The number of aromatic nitrogens is 2. The quantitative estimate of drug-likeness (QED) is 0.661. The van der Waals surface area contributed by atoms with Crippen LogP contribution >= 0.6 is 0 Å². The number of amides is 2. The van der Waals surface area contributed by atoms with Crippen molar-refractivity contribution in [2.24, 2.45) is 5.73 Å². The minimum atomic E-state index is -4.61. The van der Waals surface area contributed by atoms with Gasteiger partial charge in [0.15, 0.2) is 5.69 Å². The molecule has 1 atom stereocenters. The molecule has 2 aliphatic heterocycles. The van der Waals surface area contributed by atoms with E-state index in [1.54, 1.807) is 0 Å². The lowest BCUT2D eigenvalue weighted by atomic mass is 9.84. The van der Waals surface area contributed by atoms with E-state index in [1.165, 1.54) is 4.90 Å². The summed E-state index contributed by atoms with van der Waals surface area (Å²) in [6.45, 7) is -0.954. The highest BCUT2D eigenvalue weighted by molar-refractivity contribution is 5.78. The van der Waals surface area contributed by atoms with Crippen molar-refractivity contribution in [1.82, 2.24) is 19.8 Å². The number of alkyl halides is 5. The summed E-state index contributed by atoms with van der Waals surface area (Å²) in [5, 5.41) is 0. The number of hydrogen-bond acceptors (Lipinski definition) is 5. The van der Waals surface area contributed by atoms with E-state index < -0.39 is 48.6 Å². The molecule has 1 saturated heterocycles. The average Bonchev–Trinajstić information content (AvgIpc) is 2.67. The lowest BCUT2D eigenvalue weighted by Crippen LogP contribution is -2.51. The predicted octanol–water partition coefficient (Wildman–Crippen LogP) is 2.62. The van der Waals surface area contributed by atoms with E-state index in [9.17, 15) is 31.5 Å². The van der Waals surface area contributed by atoms with Crippen molar-refractivity contribution in [3.8, 4) is 0 Å². The first-order valence-electron chi connectivity index (χ1n) is 11.1. The molecule has 1 saturated carbocycles. The molecule has 182 valence electrons. The number of piperidine rings is 1. The van der Waals surface area contributed by atoms with Gasteiger partial charge in [-0.25, -0.2) is 18.7 Å². The molecule has 1 aromatic heterocycles. The van der Waals surface area contributed by atoms with Gasteiger partial charge >= 0.3 is 6.18 Å². The molecule has 2 N–H and O–H groups in total. The molecule has 4 rings (SSSR count). The van der Waals surface area contributed by atoms with E-state index in [-0.39, 0.29) is 61.9 Å². The van der Waals surface area contributed by atoms with Crippen LogP contribution in [0.5, 0.6) is 0 Å². The van der Waals surface area contributed by atoms with E-state index in [0.717, 1.165) is 24.2 Å². The number of nitrogens with two attached hydrogens (primary N) is 1. The molecule has 33 heavy (non-hydrogen) atoms. The Morgan fingerprint density at radius 3 is 2.58 bits per heavy atom. The molecule has 0 radical (unpaired) electrons. The molecular weight excluding hydrogens is 449 g/mol. The third-order valence-corrected chi connectivity index (χ3v) is 6.55. The lowest BCUT2D eigenvalue weighted by Gasteiger charge is -2.35. The van der Waals surface area contributed by atoms with Crippen molar-refractivity contribution < 1.29 is 31.5 Å². The van der Waals surface area contributed by atoms with Gasteiger partial charge in [-0.3, -0.25) is 9.59 Å². The second-order valence-corrected chi connectivity index (χ2v) is 9.14. The molecule has 3 aliphatic rings. The third-order valence-electron chi connectivity index (χ3n) is 6.55. The first-order valence-corrected chi connectivity index (χ1v) is 11.1. The summed E-state index contributed by atoms with van der Waals surface area (Å²) in [6, 6.07) is -0.863. The summed E-state index contributed by atoms with van der Waals surface area (Å²) in [7, 11) is 0. The van der Waals surface area contributed by atoms with Crippen molar-refractivity contribution in [2.45, 2.75) is 75.5 Å². The molecular formula is C21H26F5N5O2. The molecule has 12 heteroatoms. The van der Waals surface area contributed by atoms with Gasteiger partial charge in [0.1, 0.15) is 5.82 Å². The number of carbonyl (C=O) groups excluding carboxylic acids is 2. The topological polar surface area (TPSA) is 92.4 Å². The summed E-state index contributed by atoms with van der Waals surface area (Å²) in [5.74, 6) is -3.77. The minimum Gasteiger partial charge on any atom is -0.336 e. The molecule has 0 bridgehead atoms. The van der Waals surface area contributed by atoms with Crippen LogP contribution in [-0.4, -0.2) is 63.2 Å². The van der Waals surface area contributed by atoms with Crippen molar-refractivity contribution in [3.63, 3.8) is 0 Å². The number of likely N-dealkylation sites (tertiary alicyclic amines) is 1. The van der Waals surface area contributed by atoms with Crippen LogP contribution in [0, 0.1) is 0 Å². The zero-order valence-electron chi connectivity index (χ0n) is 18.0. The number of fused-ring (bicyclic) bond motifs is 1. The Hall–Kier alpha value is -2.37. The molecule has 2 amide bonds. The molecule has 0 aromatic carbocycles. The fourth-order valence-electron chi connectivity index (χ4n) is 4.51. The van der Waals surface area contributed by atoms with Crippen molar-refractivity contribution >= 4 is 11.8 Å². The maximum atomic E-state index is 13.6. The molecule has 1 aliphatic carbocycles. The van der Waals surface area contributed by atoms with Gasteiger partial charge in [-0.2, -0.15) is 13.2 Å². The van der Waals surface area contributed by atoms with E-state index in [4.69, 9.17) is 5.73 Å². The van der Waals surface area contributed by atoms with E-state index in [2.05, 4.69) is 9.97 Å². The van der Waals surface area contributed by atoms with Crippen LogP contribution in [0.25, 0.3) is 0 Å². The highest BCUT2D eigenvalue weighted by atomic mass is 19.4. The lowest BCUT2D eigenvalue weighted by molar-refractivity contribution is -0.148. The van der Waals surface area contributed by atoms with Gasteiger partial charge in [-0.1, -0.05) is 6.42 Å². The number of hydrogen-bond donors (Lipinski definition) is 1. The number of halogens is 5. The summed E-state index contributed by atoms with van der Waals surface area (Å²) in [4.78, 5) is 35.2. The largest absolute Gasteiger partial charge is 0.433 e. The van der Waals surface area contributed by atoms with Crippen LogP contribution in [0.4, 0.5) is 22.0 Å². The average molecular weight is 475 g/mol. The van der Waals surface area contributed by atoms with Crippen LogP contribution in [0.3, 0.4) is 0 Å². The first kappa shape index (κ1) is 23.8. The van der Waals surface area contributed by atoms with Crippen molar-refractivity contribution in [3.05, 3.63) is 22.8 Å². The molecule has 1 aromatic rings. The van der Waals surface area contributed by atoms with Gasteiger partial charge < -0.3 is 15.5 Å². The zero-order chi connectivity index (χ0) is 24.0. The Morgan fingerprint density at radius 2 is 1.94 bits per heavy atom. The molecule has 3 heterocycles. The standard InChI is InChI=1S/C21H26F5N5O2/c22-20(23)6-4-16(32)31(11-20)9-13(27)8-17(33)30-7-5-14-15(10-30)28-19(12-2-1-3-12)29-18(14)21(24,25)26/h12-13H,1-11,27H2/t13-/m0/s1. The van der Waals surface area contributed by atoms with Crippen LogP contribution in [0.2, 0.25) is 0 Å². The zero-order valence-corrected chi connectivity index (χ0v) is 18.0. The van der Waals surface area contributed by atoms with Gasteiger partial charge in [-0.05, 0) is 19.3 Å². The van der Waals surface area contributed by atoms with E-state index in [0.29, 0.717) is 0 Å². The maximum absolute atomic E-state index is 13.6. The Morgan fingerprint density at radius 1 is 1.21 bits per heavy atom. The molecule has 7 nitrogen and oxygen atoms in total. The van der Waals surface area contributed by atoms with Crippen molar-refractivity contribution in [1.29, 1.82) is 0 Å². The Bertz CT molecular complexity index is 934. The second-order valence-electron chi connectivity index (χ2n) is 9.14. The van der Waals surface area contributed by atoms with Gasteiger partial charge in [0.25, 0.3) is 5.92 Å². The number of nitrogens with zero attached hydrogens (tertiary/aromatic N) is 4. The Balaban J connectivity index is 1.43. The normalized spacial score (nSPS) is 22.1. The van der Waals surface area contributed by atoms with Crippen LogP contribution < -0.4 is 5.73 Å². The number of rotatable bonds is 5. The maximum Gasteiger partial charge on any atom is 0.433 e. The third kappa shape index (κ3) is 5.25. The fraction of sp³-hybridized carbons (Fsp3) is 0.714. The summed E-state index contributed by atoms with van der Waals surface area (Å²) >= 11 is 0. The highest BCUT2D eigenvalue weighted by Gasteiger charge is 2.41. The Kier molecular flexibility index (Phi) is 6.32. The minimum absolute atomic E-state index is 0.0140. The second kappa shape index (κ2) is 8.77. The molecule has 2 fully saturated rings. The van der Waals surface area contributed by atoms with E-state index in [1.807, 2.05) is 0 Å². The van der Waals surface area contributed by atoms with Gasteiger partial charge in [0.05, 0.1) is 18.8 Å². The first-order chi connectivity index (χ1) is 15.4. The van der Waals surface area contributed by atoms with Crippen LogP contribution in [0.15, 0.2) is 0 Å². The summed E-state index contributed by atoms with van der Waals surface area (Å²) in [6.07, 6.45) is -3.24. The van der Waals surface area contributed by atoms with Gasteiger partial charge in [0.2, 0.25) is 11.8 Å². The molecule has 0 spiro atoms. The van der Waals surface area contributed by atoms with Gasteiger partial charge in [0, 0.05) is 49.9 Å².